The Balaban J connectivity index is 2.28. The van der Waals surface area contributed by atoms with E-state index >= 15 is 0 Å². The molecular formula is C12H12Cl2N4O. The van der Waals surface area contributed by atoms with Crippen molar-refractivity contribution in [3.63, 3.8) is 0 Å². The van der Waals surface area contributed by atoms with Gasteiger partial charge in [-0.1, -0.05) is 23.2 Å². The second-order valence-electron chi connectivity index (χ2n) is 3.88. The molecule has 100 valence electrons. The number of nitrogen functional groups attached to an aromatic ring is 1. The van der Waals surface area contributed by atoms with Crippen molar-refractivity contribution in [2.24, 2.45) is 0 Å². The highest BCUT2D eigenvalue weighted by atomic mass is 35.5. The fourth-order valence-corrected chi connectivity index (χ4v) is 2.23. The molecule has 19 heavy (non-hydrogen) atoms. The number of anilines is 2. The molecule has 5 nitrogen and oxygen atoms in total. The second kappa shape index (κ2) is 5.50. The van der Waals surface area contributed by atoms with Crippen LogP contribution in [0.15, 0.2) is 24.4 Å². The topological polar surface area (TPSA) is 72.9 Å². The molecule has 1 heterocycles. The highest BCUT2D eigenvalue weighted by Gasteiger charge is 2.16. The average molecular weight is 299 g/mol. The predicted molar refractivity (Wildman–Crippen MR) is 76.7 cm³/mol. The van der Waals surface area contributed by atoms with E-state index in [0.717, 1.165) is 0 Å². The van der Waals surface area contributed by atoms with Crippen LogP contribution < -0.4 is 11.1 Å². The SMILES string of the molecule is CCn1ncc(N)c1C(=O)Nc1cc(Cl)cc(Cl)c1. The molecule has 0 radical (unpaired) electrons. The number of amides is 1. The van der Waals surface area contributed by atoms with Gasteiger partial charge in [0.15, 0.2) is 0 Å². The van der Waals surface area contributed by atoms with E-state index in [1.807, 2.05) is 6.92 Å². The number of carbonyl (C=O) groups is 1. The van der Waals surface area contributed by atoms with Gasteiger partial charge in [-0.15, -0.1) is 0 Å². The summed E-state index contributed by atoms with van der Waals surface area (Å²) < 4.78 is 1.52. The summed E-state index contributed by atoms with van der Waals surface area (Å²) in [5, 5.41) is 7.59. The van der Waals surface area contributed by atoms with E-state index in [0.29, 0.717) is 33.7 Å². The van der Waals surface area contributed by atoms with Crippen LogP contribution >= 0.6 is 23.2 Å². The summed E-state index contributed by atoms with van der Waals surface area (Å²) in [6.07, 6.45) is 1.45. The van der Waals surface area contributed by atoms with Gasteiger partial charge in [-0.3, -0.25) is 9.48 Å². The summed E-state index contributed by atoms with van der Waals surface area (Å²) in [6.45, 7) is 2.43. The minimum absolute atomic E-state index is 0.318. The molecule has 0 aliphatic heterocycles. The fraction of sp³-hybridized carbons (Fsp3) is 0.167. The number of nitrogens with one attached hydrogen (secondary N) is 1. The lowest BCUT2D eigenvalue weighted by molar-refractivity contribution is 0.101. The summed E-state index contributed by atoms with van der Waals surface area (Å²) in [5.74, 6) is -0.352. The Morgan fingerprint density at radius 1 is 1.37 bits per heavy atom. The lowest BCUT2D eigenvalue weighted by Crippen LogP contribution is -2.18. The van der Waals surface area contributed by atoms with Crippen molar-refractivity contribution in [1.82, 2.24) is 9.78 Å². The van der Waals surface area contributed by atoms with Crippen molar-refractivity contribution in [1.29, 1.82) is 0 Å². The predicted octanol–water partition coefficient (Wildman–Crippen LogP) is 3.04. The van der Waals surface area contributed by atoms with Crippen LogP contribution in [0.2, 0.25) is 10.0 Å². The number of aryl methyl sites for hydroxylation is 1. The molecule has 7 heteroatoms. The van der Waals surface area contributed by atoms with Gasteiger partial charge in [0.25, 0.3) is 5.91 Å². The van der Waals surface area contributed by atoms with Crippen LogP contribution in [0.3, 0.4) is 0 Å². The number of nitrogens with zero attached hydrogens (tertiary/aromatic N) is 2. The molecule has 0 unspecified atom stereocenters. The summed E-state index contributed by atoms with van der Waals surface area (Å²) >= 11 is 11.7. The number of nitrogens with two attached hydrogens (primary N) is 1. The fourth-order valence-electron chi connectivity index (χ4n) is 1.70. The maximum absolute atomic E-state index is 12.2. The number of hydrogen-bond donors (Lipinski definition) is 2. The van der Waals surface area contributed by atoms with Gasteiger partial charge in [0, 0.05) is 22.3 Å². The van der Waals surface area contributed by atoms with Crippen molar-refractivity contribution >= 4 is 40.5 Å². The van der Waals surface area contributed by atoms with Gasteiger partial charge in [0.1, 0.15) is 5.69 Å². The Hall–Kier alpha value is -1.72. The standard InChI is InChI=1S/C12H12Cl2N4O/c1-2-18-11(10(15)6-16-18)12(19)17-9-4-7(13)3-8(14)5-9/h3-6H,2,15H2,1H3,(H,17,19). The zero-order valence-electron chi connectivity index (χ0n) is 10.2. The molecule has 1 aromatic heterocycles. The molecule has 2 aromatic rings. The zero-order chi connectivity index (χ0) is 14.0. The molecule has 0 saturated heterocycles. The van der Waals surface area contributed by atoms with Gasteiger partial charge < -0.3 is 11.1 Å². The van der Waals surface area contributed by atoms with E-state index < -0.39 is 0 Å². The molecule has 3 N–H and O–H groups in total. The number of rotatable bonds is 3. The Bertz CT molecular complexity index is 604. The first-order valence-corrected chi connectivity index (χ1v) is 6.35. The molecule has 0 aliphatic rings. The summed E-state index contributed by atoms with van der Waals surface area (Å²) in [6, 6.07) is 4.80. The molecule has 1 amide bonds. The van der Waals surface area contributed by atoms with Crippen LogP contribution in [-0.4, -0.2) is 15.7 Å². The molecule has 0 saturated carbocycles. The number of benzene rings is 1. The molecule has 0 spiro atoms. The summed E-state index contributed by atoms with van der Waals surface area (Å²) in [4.78, 5) is 12.2. The molecule has 0 fully saturated rings. The number of hydrogen-bond acceptors (Lipinski definition) is 3. The Labute approximate surface area is 120 Å². The van der Waals surface area contributed by atoms with E-state index in [2.05, 4.69) is 10.4 Å². The van der Waals surface area contributed by atoms with Crippen molar-refractivity contribution < 1.29 is 4.79 Å². The second-order valence-corrected chi connectivity index (χ2v) is 4.75. The van der Waals surface area contributed by atoms with Crippen LogP contribution in [-0.2, 0) is 6.54 Å². The van der Waals surface area contributed by atoms with Crippen LogP contribution in [0.4, 0.5) is 11.4 Å². The van der Waals surface area contributed by atoms with E-state index in [4.69, 9.17) is 28.9 Å². The van der Waals surface area contributed by atoms with Crippen molar-refractivity contribution in [3.05, 3.63) is 40.1 Å². The van der Waals surface area contributed by atoms with Crippen molar-refractivity contribution in [2.75, 3.05) is 11.1 Å². The maximum Gasteiger partial charge on any atom is 0.276 e. The zero-order valence-corrected chi connectivity index (χ0v) is 11.7. The van der Waals surface area contributed by atoms with Gasteiger partial charge in [-0.25, -0.2) is 0 Å². The first-order valence-electron chi connectivity index (χ1n) is 5.60. The number of halogens is 2. The molecule has 2 rings (SSSR count). The highest BCUT2D eigenvalue weighted by Crippen LogP contribution is 2.23. The van der Waals surface area contributed by atoms with Crippen LogP contribution in [0.1, 0.15) is 17.4 Å². The molecule has 0 bridgehead atoms. The molecular weight excluding hydrogens is 287 g/mol. The third-order valence-electron chi connectivity index (χ3n) is 2.50. The summed E-state index contributed by atoms with van der Waals surface area (Å²) in [5.41, 5.74) is 6.88. The van der Waals surface area contributed by atoms with E-state index in [1.54, 1.807) is 18.2 Å². The Kier molecular flexibility index (Phi) is 3.97. The van der Waals surface area contributed by atoms with E-state index in [1.165, 1.54) is 10.9 Å². The lowest BCUT2D eigenvalue weighted by Gasteiger charge is -2.08. The molecule has 0 atom stereocenters. The Morgan fingerprint density at radius 3 is 2.58 bits per heavy atom. The lowest BCUT2D eigenvalue weighted by atomic mass is 10.3. The quantitative estimate of drug-likeness (QED) is 0.915. The monoisotopic (exact) mass is 298 g/mol. The van der Waals surface area contributed by atoms with Crippen molar-refractivity contribution in [3.8, 4) is 0 Å². The average Bonchev–Trinajstić information content (AvgIpc) is 2.68. The van der Waals surface area contributed by atoms with Gasteiger partial charge in [0.05, 0.1) is 11.9 Å². The third-order valence-corrected chi connectivity index (χ3v) is 2.94. The Morgan fingerprint density at radius 2 is 2.00 bits per heavy atom. The van der Waals surface area contributed by atoms with Crippen LogP contribution in [0.25, 0.3) is 0 Å². The smallest absolute Gasteiger partial charge is 0.276 e. The molecule has 0 aliphatic carbocycles. The van der Waals surface area contributed by atoms with Gasteiger partial charge in [-0.2, -0.15) is 5.10 Å². The van der Waals surface area contributed by atoms with Gasteiger partial charge in [-0.05, 0) is 25.1 Å². The first-order chi connectivity index (χ1) is 9.01. The third kappa shape index (κ3) is 3.00. The summed E-state index contributed by atoms with van der Waals surface area (Å²) in [7, 11) is 0. The van der Waals surface area contributed by atoms with Crippen molar-refractivity contribution in [2.45, 2.75) is 13.5 Å². The van der Waals surface area contributed by atoms with Gasteiger partial charge in [0.2, 0.25) is 0 Å². The minimum Gasteiger partial charge on any atom is -0.396 e. The normalized spacial score (nSPS) is 10.5. The molecule has 1 aromatic carbocycles. The highest BCUT2D eigenvalue weighted by molar-refractivity contribution is 6.35. The maximum atomic E-state index is 12.2. The van der Waals surface area contributed by atoms with Crippen LogP contribution in [0.5, 0.6) is 0 Å². The number of carbonyl (C=O) groups excluding carboxylic acids is 1. The number of aromatic nitrogens is 2. The van der Waals surface area contributed by atoms with E-state index in [9.17, 15) is 4.79 Å². The largest absolute Gasteiger partial charge is 0.396 e. The van der Waals surface area contributed by atoms with Gasteiger partial charge >= 0.3 is 0 Å². The van der Waals surface area contributed by atoms with E-state index in [-0.39, 0.29) is 5.91 Å². The minimum atomic E-state index is -0.352. The van der Waals surface area contributed by atoms with Crippen LogP contribution in [0, 0.1) is 0 Å². The first kappa shape index (κ1) is 13.7.